The number of benzene rings is 1. The Balaban J connectivity index is 2.92. The maximum Gasteiger partial charge on any atom is 0.255 e. The number of aliphatic hydroxyl groups excluding tert-OH is 1. The second-order valence-corrected chi connectivity index (χ2v) is 3.75. The third-order valence-corrected chi connectivity index (χ3v) is 2.44. The normalized spacial score (nSPS) is 10.6. The van der Waals surface area contributed by atoms with E-state index in [0.717, 1.165) is 11.0 Å². The summed E-state index contributed by atoms with van der Waals surface area (Å²) in [5.41, 5.74) is 0.0485. The lowest BCUT2D eigenvalue weighted by Gasteiger charge is -2.21. The predicted octanol–water partition coefficient (Wildman–Crippen LogP) is 1.10. The fraction of sp³-hybridized carbons (Fsp3) is 0.417. The van der Waals surface area contributed by atoms with E-state index in [-0.39, 0.29) is 23.6 Å². The number of hydrogen-bond acceptors (Lipinski definition) is 4. The van der Waals surface area contributed by atoms with Gasteiger partial charge >= 0.3 is 0 Å². The molecule has 1 amide bonds. The van der Waals surface area contributed by atoms with Crippen molar-refractivity contribution in [1.82, 2.24) is 4.90 Å². The first-order chi connectivity index (χ1) is 8.99. The van der Waals surface area contributed by atoms with Crippen molar-refractivity contribution in [3.05, 3.63) is 23.8 Å². The smallest absolute Gasteiger partial charge is 0.255 e. The third-order valence-electron chi connectivity index (χ3n) is 2.44. The number of hydrogen-bond donors (Lipinski definition) is 2. The van der Waals surface area contributed by atoms with Crippen LogP contribution in [0.4, 0.5) is 8.78 Å². The molecule has 0 bridgehead atoms. The van der Waals surface area contributed by atoms with E-state index in [2.05, 4.69) is 0 Å². The van der Waals surface area contributed by atoms with Gasteiger partial charge in [0.15, 0.2) is 11.5 Å². The second kappa shape index (κ2) is 6.89. The Kier molecular flexibility index (Phi) is 5.50. The number of aromatic hydroxyl groups is 1. The summed E-state index contributed by atoms with van der Waals surface area (Å²) in [5.74, 6) is -0.763. The molecular weight excluding hydrogens is 260 g/mol. The molecular formula is C12H15F2NO4. The Bertz CT molecular complexity index is 440. The zero-order valence-electron chi connectivity index (χ0n) is 10.3. The van der Waals surface area contributed by atoms with Gasteiger partial charge in [-0.2, -0.15) is 0 Å². The molecule has 0 atom stereocenters. The van der Waals surface area contributed by atoms with E-state index in [1.165, 1.54) is 19.2 Å². The van der Waals surface area contributed by atoms with Gasteiger partial charge in [0.2, 0.25) is 0 Å². The summed E-state index contributed by atoms with van der Waals surface area (Å²) in [6.45, 7) is -1.39. The quantitative estimate of drug-likeness (QED) is 0.815. The molecule has 1 aromatic rings. The molecule has 0 heterocycles. The molecule has 0 unspecified atom stereocenters. The minimum atomic E-state index is -2.69. The number of halogens is 2. The minimum Gasteiger partial charge on any atom is -0.504 e. The van der Waals surface area contributed by atoms with Crippen LogP contribution in [0.1, 0.15) is 10.4 Å². The number of rotatable bonds is 6. The Morgan fingerprint density at radius 1 is 1.47 bits per heavy atom. The van der Waals surface area contributed by atoms with Crippen LogP contribution in [0.25, 0.3) is 0 Å². The number of phenolic OH excluding ortho intramolecular Hbond substituents is 1. The highest BCUT2D eigenvalue weighted by Crippen LogP contribution is 2.26. The number of nitrogens with zero attached hydrogens (tertiary/aromatic N) is 1. The molecule has 106 valence electrons. The van der Waals surface area contributed by atoms with Crippen molar-refractivity contribution >= 4 is 5.91 Å². The summed E-state index contributed by atoms with van der Waals surface area (Å²) in [7, 11) is 1.35. The molecule has 1 aromatic carbocycles. The van der Waals surface area contributed by atoms with Crippen LogP contribution in [-0.2, 0) is 0 Å². The maximum atomic E-state index is 12.3. The van der Waals surface area contributed by atoms with E-state index in [1.807, 2.05) is 0 Å². The molecule has 7 heteroatoms. The number of phenols is 1. The summed E-state index contributed by atoms with van der Waals surface area (Å²) < 4.78 is 29.5. The lowest BCUT2D eigenvalue weighted by Crippen LogP contribution is -2.37. The van der Waals surface area contributed by atoms with Gasteiger partial charge in [0.05, 0.1) is 20.3 Å². The number of aliphatic hydroxyl groups is 1. The predicted molar refractivity (Wildman–Crippen MR) is 63.7 cm³/mol. The zero-order chi connectivity index (χ0) is 14.4. The molecule has 0 fully saturated rings. The number of carbonyl (C=O) groups excluding carboxylic acids is 1. The largest absolute Gasteiger partial charge is 0.504 e. The molecule has 0 aliphatic heterocycles. The van der Waals surface area contributed by atoms with Gasteiger partial charge in [-0.05, 0) is 18.2 Å². The average Bonchev–Trinajstić information content (AvgIpc) is 2.36. The molecule has 5 nitrogen and oxygen atoms in total. The molecule has 0 spiro atoms. The SMILES string of the molecule is COc1ccc(C(=O)N(CCO)CC(F)F)cc1O. The summed E-state index contributed by atoms with van der Waals surface area (Å²) in [6, 6.07) is 3.86. The van der Waals surface area contributed by atoms with Gasteiger partial charge in [0.1, 0.15) is 0 Å². The molecule has 0 radical (unpaired) electrons. The molecule has 0 saturated heterocycles. The van der Waals surface area contributed by atoms with E-state index in [0.29, 0.717) is 0 Å². The Hall–Kier alpha value is -1.89. The van der Waals surface area contributed by atoms with E-state index in [1.54, 1.807) is 0 Å². The van der Waals surface area contributed by atoms with Crippen molar-refractivity contribution in [3.63, 3.8) is 0 Å². The van der Waals surface area contributed by atoms with E-state index in [4.69, 9.17) is 9.84 Å². The summed E-state index contributed by atoms with van der Waals surface area (Å²) in [6.07, 6.45) is -2.69. The zero-order valence-corrected chi connectivity index (χ0v) is 10.3. The maximum absolute atomic E-state index is 12.3. The van der Waals surface area contributed by atoms with Crippen LogP contribution < -0.4 is 4.74 Å². The van der Waals surface area contributed by atoms with Gasteiger partial charge in [-0.25, -0.2) is 8.78 Å². The van der Waals surface area contributed by atoms with Crippen molar-refractivity contribution in [2.45, 2.75) is 6.43 Å². The van der Waals surface area contributed by atoms with Gasteiger partial charge < -0.3 is 19.8 Å². The summed E-state index contributed by atoms with van der Waals surface area (Å²) in [5, 5.41) is 18.3. The minimum absolute atomic E-state index is 0.0485. The van der Waals surface area contributed by atoms with Gasteiger partial charge in [0, 0.05) is 12.1 Å². The fourth-order valence-electron chi connectivity index (χ4n) is 1.57. The van der Waals surface area contributed by atoms with Gasteiger partial charge in [-0.15, -0.1) is 0 Å². The first kappa shape index (κ1) is 15.2. The van der Waals surface area contributed by atoms with Gasteiger partial charge in [-0.3, -0.25) is 4.79 Å². The molecule has 1 rings (SSSR count). The standard InChI is InChI=1S/C12H15F2NO4/c1-19-10-3-2-8(6-9(10)17)12(18)15(4-5-16)7-11(13)14/h2-3,6,11,16-17H,4-5,7H2,1H3. The van der Waals surface area contributed by atoms with Gasteiger partial charge in [-0.1, -0.05) is 0 Å². The van der Waals surface area contributed by atoms with Gasteiger partial charge in [0.25, 0.3) is 12.3 Å². The Labute approximate surface area is 109 Å². The molecule has 0 aromatic heterocycles. The van der Waals surface area contributed by atoms with E-state index >= 15 is 0 Å². The van der Waals surface area contributed by atoms with Crippen LogP contribution in [0.3, 0.4) is 0 Å². The number of methoxy groups -OCH3 is 1. The first-order valence-electron chi connectivity index (χ1n) is 5.55. The highest BCUT2D eigenvalue weighted by molar-refractivity contribution is 5.94. The first-order valence-corrected chi connectivity index (χ1v) is 5.55. The van der Waals surface area contributed by atoms with Crippen molar-refractivity contribution in [2.75, 3.05) is 26.8 Å². The lowest BCUT2D eigenvalue weighted by atomic mass is 10.1. The Morgan fingerprint density at radius 3 is 2.63 bits per heavy atom. The van der Waals surface area contributed by atoms with Crippen molar-refractivity contribution in [3.8, 4) is 11.5 Å². The number of carbonyl (C=O) groups is 1. The van der Waals surface area contributed by atoms with Crippen LogP contribution in [0, 0.1) is 0 Å². The topological polar surface area (TPSA) is 70.0 Å². The fourth-order valence-corrected chi connectivity index (χ4v) is 1.57. The lowest BCUT2D eigenvalue weighted by molar-refractivity contribution is 0.0509. The molecule has 0 aliphatic carbocycles. The van der Waals surface area contributed by atoms with E-state index in [9.17, 15) is 18.7 Å². The molecule has 0 saturated carbocycles. The monoisotopic (exact) mass is 275 g/mol. The summed E-state index contributed by atoms with van der Waals surface area (Å²) >= 11 is 0. The van der Waals surface area contributed by atoms with Crippen LogP contribution >= 0.6 is 0 Å². The molecule has 19 heavy (non-hydrogen) atoms. The third kappa shape index (κ3) is 4.06. The number of ether oxygens (including phenoxy) is 1. The highest BCUT2D eigenvalue weighted by atomic mass is 19.3. The number of amides is 1. The van der Waals surface area contributed by atoms with Crippen LogP contribution in [0.15, 0.2) is 18.2 Å². The van der Waals surface area contributed by atoms with Crippen molar-refractivity contribution in [1.29, 1.82) is 0 Å². The van der Waals surface area contributed by atoms with Crippen molar-refractivity contribution in [2.24, 2.45) is 0 Å². The molecule has 0 aliphatic rings. The van der Waals surface area contributed by atoms with Crippen LogP contribution in [0.2, 0.25) is 0 Å². The highest BCUT2D eigenvalue weighted by Gasteiger charge is 2.20. The van der Waals surface area contributed by atoms with E-state index < -0.39 is 25.5 Å². The van der Waals surface area contributed by atoms with Crippen LogP contribution in [-0.4, -0.2) is 54.3 Å². The molecule has 2 N–H and O–H groups in total. The Morgan fingerprint density at radius 2 is 2.16 bits per heavy atom. The summed E-state index contributed by atoms with van der Waals surface area (Å²) in [4.78, 5) is 12.8. The van der Waals surface area contributed by atoms with Crippen LogP contribution in [0.5, 0.6) is 11.5 Å². The van der Waals surface area contributed by atoms with Crippen molar-refractivity contribution < 1.29 is 28.5 Å². The number of alkyl halides is 2. The second-order valence-electron chi connectivity index (χ2n) is 3.75. The average molecular weight is 275 g/mol.